The minimum Gasteiger partial charge on any atom is -0.493 e. The zero-order chi connectivity index (χ0) is 26.2. The van der Waals surface area contributed by atoms with Crippen molar-refractivity contribution in [3.8, 4) is 11.5 Å². The van der Waals surface area contributed by atoms with Gasteiger partial charge in [-0.3, -0.25) is 9.59 Å². The normalized spacial score (nSPS) is 11.7. The molecule has 1 aromatic heterocycles. The minimum atomic E-state index is -1.05. The fourth-order valence-corrected chi connectivity index (χ4v) is 3.16. The third kappa shape index (κ3) is 6.72. The van der Waals surface area contributed by atoms with Crippen LogP contribution in [0.4, 0.5) is 5.69 Å². The number of amides is 2. The molecule has 2 amide bonds. The van der Waals surface area contributed by atoms with Gasteiger partial charge in [0.1, 0.15) is 12.4 Å². The molecule has 3 rings (SSSR count). The maximum absolute atomic E-state index is 12.3. The van der Waals surface area contributed by atoms with Crippen molar-refractivity contribution < 1.29 is 33.1 Å². The molecule has 1 atom stereocenters. The lowest BCUT2D eigenvalue weighted by molar-refractivity contribution is -0.148. The van der Waals surface area contributed by atoms with Gasteiger partial charge in [0.2, 0.25) is 5.91 Å². The van der Waals surface area contributed by atoms with Gasteiger partial charge in [0.15, 0.2) is 17.6 Å². The highest BCUT2D eigenvalue weighted by molar-refractivity contribution is 5.97. The molecule has 0 radical (unpaired) electrons. The van der Waals surface area contributed by atoms with E-state index in [0.717, 1.165) is 11.3 Å². The fourth-order valence-electron chi connectivity index (χ4n) is 3.16. The summed E-state index contributed by atoms with van der Waals surface area (Å²) in [6, 6.07) is 11.2. The Morgan fingerprint density at radius 1 is 1.11 bits per heavy atom. The van der Waals surface area contributed by atoms with Gasteiger partial charge in [0, 0.05) is 17.3 Å². The SMILES string of the molecule is COc1cc(/C=C/C(=O)OC(C)C(=O)Nc2ccc(C(N)=O)cc2)ccc1OCc1c(C)noc1C. The highest BCUT2D eigenvalue weighted by atomic mass is 16.5. The summed E-state index contributed by atoms with van der Waals surface area (Å²) >= 11 is 0. The second kappa shape index (κ2) is 11.7. The number of nitrogens with one attached hydrogen (secondary N) is 1. The first-order valence-electron chi connectivity index (χ1n) is 11.0. The first-order valence-corrected chi connectivity index (χ1v) is 11.0. The number of aryl methyl sites for hydroxylation is 2. The molecule has 36 heavy (non-hydrogen) atoms. The lowest BCUT2D eigenvalue weighted by atomic mass is 10.2. The van der Waals surface area contributed by atoms with Crippen LogP contribution in [0.5, 0.6) is 11.5 Å². The summed E-state index contributed by atoms with van der Waals surface area (Å²) in [6.07, 6.45) is 1.70. The zero-order valence-electron chi connectivity index (χ0n) is 20.4. The minimum absolute atomic E-state index is 0.272. The average molecular weight is 494 g/mol. The molecular formula is C26H27N3O7. The first kappa shape index (κ1) is 26.0. The van der Waals surface area contributed by atoms with Crippen LogP contribution in [0.25, 0.3) is 6.08 Å². The van der Waals surface area contributed by atoms with Crippen LogP contribution in [-0.4, -0.2) is 36.2 Å². The molecule has 0 aliphatic heterocycles. The second-order valence-corrected chi connectivity index (χ2v) is 7.84. The molecule has 1 heterocycles. The molecule has 10 nitrogen and oxygen atoms in total. The van der Waals surface area contributed by atoms with Gasteiger partial charge in [-0.25, -0.2) is 4.79 Å². The topological polar surface area (TPSA) is 143 Å². The van der Waals surface area contributed by atoms with Crippen LogP contribution >= 0.6 is 0 Å². The lowest BCUT2D eigenvalue weighted by Crippen LogP contribution is -2.29. The van der Waals surface area contributed by atoms with Crippen LogP contribution in [-0.2, 0) is 20.9 Å². The number of nitrogens with zero attached hydrogens (tertiary/aromatic N) is 1. The van der Waals surface area contributed by atoms with Crippen LogP contribution in [0.3, 0.4) is 0 Å². The standard InChI is InChI=1S/C26H27N3O7/c1-15-21(16(2)36-29-15)14-34-22-11-5-18(13-23(22)33-4)6-12-24(30)35-17(3)26(32)28-20-9-7-19(8-10-20)25(27)31/h5-13,17H,14H2,1-4H3,(H2,27,31)(H,28,32)/b12-6+. The highest BCUT2D eigenvalue weighted by Crippen LogP contribution is 2.30. The summed E-state index contributed by atoms with van der Waals surface area (Å²) in [5.74, 6) is -0.101. The van der Waals surface area contributed by atoms with Crippen LogP contribution in [0.15, 0.2) is 53.1 Å². The number of hydrogen-bond acceptors (Lipinski definition) is 8. The van der Waals surface area contributed by atoms with Crippen LogP contribution in [0, 0.1) is 13.8 Å². The van der Waals surface area contributed by atoms with E-state index in [1.807, 2.05) is 13.8 Å². The van der Waals surface area contributed by atoms with Gasteiger partial charge >= 0.3 is 5.97 Å². The quantitative estimate of drug-likeness (QED) is 0.322. The van der Waals surface area contributed by atoms with Crippen molar-refractivity contribution in [3.63, 3.8) is 0 Å². The largest absolute Gasteiger partial charge is 0.493 e. The predicted molar refractivity (Wildman–Crippen MR) is 131 cm³/mol. The summed E-state index contributed by atoms with van der Waals surface area (Å²) in [6.45, 7) is 5.38. The number of rotatable bonds is 10. The maximum Gasteiger partial charge on any atom is 0.331 e. The smallest absolute Gasteiger partial charge is 0.331 e. The molecule has 2 aromatic carbocycles. The fraction of sp³-hybridized carbons (Fsp3) is 0.231. The summed E-state index contributed by atoms with van der Waals surface area (Å²) < 4.78 is 21.6. The Kier molecular flexibility index (Phi) is 8.45. The third-order valence-electron chi connectivity index (χ3n) is 5.25. The van der Waals surface area contributed by atoms with Crippen LogP contribution in [0.1, 0.15) is 39.9 Å². The molecule has 0 bridgehead atoms. The number of anilines is 1. The molecule has 3 aromatic rings. The Morgan fingerprint density at radius 2 is 1.83 bits per heavy atom. The van der Waals surface area contributed by atoms with Crippen molar-refractivity contribution in [2.45, 2.75) is 33.5 Å². The van der Waals surface area contributed by atoms with E-state index in [-0.39, 0.29) is 6.61 Å². The van der Waals surface area contributed by atoms with E-state index in [2.05, 4.69) is 10.5 Å². The molecule has 0 saturated carbocycles. The molecule has 0 aliphatic carbocycles. The van der Waals surface area contributed by atoms with E-state index in [1.165, 1.54) is 50.5 Å². The lowest BCUT2D eigenvalue weighted by Gasteiger charge is -2.13. The molecule has 188 valence electrons. The number of ether oxygens (including phenoxy) is 3. The molecule has 0 spiro atoms. The summed E-state index contributed by atoms with van der Waals surface area (Å²) in [5, 5.41) is 6.51. The van der Waals surface area contributed by atoms with Gasteiger partial charge in [0.25, 0.3) is 5.91 Å². The van der Waals surface area contributed by atoms with Gasteiger partial charge in [-0.05, 0) is 68.8 Å². The Balaban J connectivity index is 1.55. The number of primary amides is 1. The van der Waals surface area contributed by atoms with Crippen molar-refractivity contribution in [1.82, 2.24) is 5.16 Å². The van der Waals surface area contributed by atoms with E-state index in [1.54, 1.807) is 18.2 Å². The third-order valence-corrected chi connectivity index (χ3v) is 5.25. The van der Waals surface area contributed by atoms with Gasteiger partial charge in [-0.15, -0.1) is 0 Å². The van der Waals surface area contributed by atoms with Crippen LogP contribution < -0.4 is 20.5 Å². The summed E-state index contributed by atoms with van der Waals surface area (Å²) in [4.78, 5) is 35.6. The number of nitrogens with two attached hydrogens (primary N) is 1. The predicted octanol–water partition coefficient (Wildman–Crippen LogP) is 3.56. The number of carbonyl (C=O) groups is 3. The highest BCUT2D eigenvalue weighted by Gasteiger charge is 2.17. The Bertz CT molecular complexity index is 1260. The van der Waals surface area contributed by atoms with Crippen molar-refractivity contribution in [3.05, 3.63) is 76.7 Å². The summed E-state index contributed by atoms with van der Waals surface area (Å²) in [5.41, 5.74) is 8.24. The van der Waals surface area contributed by atoms with E-state index in [9.17, 15) is 14.4 Å². The van der Waals surface area contributed by atoms with Crippen molar-refractivity contribution in [1.29, 1.82) is 0 Å². The molecule has 0 saturated heterocycles. The van der Waals surface area contributed by atoms with Crippen molar-refractivity contribution in [2.75, 3.05) is 12.4 Å². The Morgan fingerprint density at radius 3 is 2.44 bits per heavy atom. The Labute approximate surface area is 208 Å². The van der Waals surface area contributed by atoms with E-state index in [4.69, 9.17) is 24.5 Å². The summed E-state index contributed by atoms with van der Waals surface area (Å²) in [7, 11) is 1.52. The van der Waals surface area contributed by atoms with Gasteiger partial charge in [-0.2, -0.15) is 0 Å². The number of benzene rings is 2. The second-order valence-electron chi connectivity index (χ2n) is 7.84. The monoisotopic (exact) mass is 493 g/mol. The average Bonchev–Trinajstić information content (AvgIpc) is 3.18. The van der Waals surface area contributed by atoms with Crippen LogP contribution in [0.2, 0.25) is 0 Å². The van der Waals surface area contributed by atoms with Crippen molar-refractivity contribution >= 4 is 29.5 Å². The molecular weight excluding hydrogens is 466 g/mol. The molecule has 1 unspecified atom stereocenters. The maximum atomic E-state index is 12.3. The van der Waals surface area contributed by atoms with E-state index in [0.29, 0.717) is 34.1 Å². The number of carbonyl (C=O) groups excluding carboxylic acids is 3. The molecule has 0 aliphatic rings. The molecule has 3 N–H and O–H groups in total. The van der Waals surface area contributed by atoms with Gasteiger partial charge < -0.3 is 29.8 Å². The van der Waals surface area contributed by atoms with E-state index < -0.39 is 23.9 Å². The number of esters is 1. The molecule has 10 heteroatoms. The first-order chi connectivity index (χ1) is 17.2. The van der Waals surface area contributed by atoms with E-state index >= 15 is 0 Å². The number of hydrogen-bond donors (Lipinski definition) is 2. The number of aromatic nitrogens is 1. The van der Waals surface area contributed by atoms with Gasteiger partial charge in [0.05, 0.1) is 18.4 Å². The van der Waals surface area contributed by atoms with Gasteiger partial charge in [-0.1, -0.05) is 11.2 Å². The number of methoxy groups -OCH3 is 1. The zero-order valence-corrected chi connectivity index (χ0v) is 20.4. The molecule has 0 fully saturated rings. The Hall–Kier alpha value is -4.60. The van der Waals surface area contributed by atoms with Crippen molar-refractivity contribution in [2.24, 2.45) is 5.73 Å².